The van der Waals surface area contributed by atoms with Gasteiger partial charge in [0, 0.05) is 88.6 Å². The Morgan fingerprint density at radius 3 is 0.946 bits per heavy atom. The van der Waals surface area contributed by atoms with Crippen molar-refractivity contribution >= 4 is 105 Å². The summed E-state index contributed by atoms with van der Waals surface area (Å²) in [7, 11) is -1.02. The second-order valence-corrected chi connectivity index (χ2v) is 29.2. The predicted octanol–water partition coefficient (Wildman–Crippen LogP) is 20.5. The van der Waals surface area contributed by atoms with Gasteiger partial charge in [0.05, 0.1) is 52.2 Å². The van der Waals surface area contributed by atoms with Crippen LogP contribution in [0.25, 0.3) is 182 Å². The van der Waals surface area contributed by atoms with Gasteiger partial charge in [-0.05, 0) is 180 Å². The van der Waals surface area contributed by atoms with Crippen LogP contribution in [0.5, 0.6) is 5.75 Å². The van der Waals surface area contributed by atoms with E-state index in [4.69, 9.17) is 38.7 Å². The van der Waals surface area contributed by atoms with Crippen LogP contribution in [0.15, 0.2) is 261 Å². The molecule has 16 bridgehead atoms. The van der Waals surface area contributed by atoms with Gasteiger partial charge in [0.15, 0.2) is 0 Å². The monoisotopic (exact) mass is 1460 g/mol. The third kappa shape index (κ3) is 12.4. The molecule has 0 saturated carbocycles. The Morgan fingerprint density at radius 1 is 0.321 bits per heavy atom. The maximum atomic E-state index is 12.3. The fourth-order valence-corrected chi connectivity index (χ4v) is 16.4. The Labute approximate surface area is 646 Å². The number of aromatic amines is 4. The number of benzene rings is 8. The number of nitrogens with one attached hydrogen (secondary N) is 4. The number of nitrogens with zero attached hydrogens (tertiary/aromatic N) is 4. The molecule has 0 unspecified atom stereocenters. The van der Waals surface area contributed by atoms with Crippen LogP contribution in [-0.4, -0.2) is 94.5 Å². The standard InChI is InChI=1S/C97H73BN8O6/c1-56-23-29-62(30-24-56)89-75-43-45-77(101-75)90(63-31-25-57(2)26-32-63)79-47-49-81(103-79)92(82-50-48-80(104-82)91(78-46-44-76(89)102-78)64-33-27-58(3)28-34-64)65-35-37-66(38-36-65)110-97-95(108)94(107)96-85(111-97)55-109-98(112-96)68-22-14-13-21-67(68)93-83-53-51-73(105-83)87(60-17-9-5-10-18-60)71-41-39-69(99-71)86(59-15-7-4-8-16-59)70-40-42-72(100-70)88(61-19-11-6-12-20-61)74-52-54-84(93)106-74/h4-54,85,94-97,99,101,104,106-108H,55H2,1-3H3/t85-,94-,95-,96-,97-/m1/s1. The van der Waals surface area contributed by atoms with Gasteiger partial charge in [-0.15, -0.1) is 0 Å². The molecule has 0 amide bonds. The summed E-state index contributed by atoms with van der Waals surface area (Å²) in [5.74, 6) is 0.404. The summed E-state index contributed by atoms with van der Waals surface area (Å²) in [6.07, 6.45) is 10.6. The first-order valence-electron chi connectivity index (χ1n) is 37.9. The fourth-order valence-electron chi connectivity index (χ4n) is 16.4. The summed E-state index contributed by atoms with van der Waals surface area (Å²) in [5, 5.41) is 24.5. The highest BCUT2D eigenvalue weighted by molar-refractivity contribution is 6.63. The van der Waals surface area contributed by atoms with Crippen molar-refractivity contribution in [3.05, 3.63) is 323 Å². The molecule has 112 heavy (non-hydrogen) atoms. The highest BCUT2D eigenvalue weighted by atomic mass is 16.7. The van der Waals surface area contributed by atoms with Crippen molar-refractivity contribution in [2.75, 3.05) is 6.61 Å². The number of hydrogen-bond acceptors (Lipinski definition) is 10. The van der Waals surface area contributed by atoms with Crippen molar-refractivity contribution in [1.82, 2.24) is 39.9 Å². The van der Waals surface area contributed by atoms with Crippen molar-refractivity contribution in [2.24, 2.45) is 0 Å². The largest absolute Gasteiger partial charge is 0.494 e. The summed E-state index contributed by atoms with van der Waals surface area (Å²) in [5.41, 5.74) is 32.5. The fraction of sp³-hybridized carbons (Fsp3) is 0.0928. The number of hydrogen-bond donors (Lipinski definition) is 6. The minimum atomic E-state index is -1.53. The van der Waals surface area contributed by atoms with Gasteiger partial charge in [0.1, 0.15) is 30.2 Å². The van der Waals surface area contributed by atoms with E-state index >= 15 is 0 Å². The molecule has 540 valence electrons. The van der Waals surface area contributed by atoms with E-state index in [2.05, 4.69) is 259 Å². The van der Waals surface area contributed by atoms with E-state index in [9.17, 15) is 10.2 Å². The first-order chi connectivity index (χ1) is 55.0. The zero-order valence-electron chi connectivity index (χ0n) is 61.4. The molecule has 2 fully saturated rings. The Balaban J connectivity index is 0.651. The minimum absolute atomic E-state index is 0.00612. The quantitative estimate of drug-likeness (QED) is 0.0679. The van der Waals surface area contributed by atoms with Gasteiger partial charge in [-0.25, -0.2) is 19.9 Å². The number of rotatable bonds is 11. The summed E-state index contributed by atoms with van der Waals surface area (Å²) >= 11 is 0. The zero-order valence-corrected chi connectivity index (χ0v) is 61.4. The Bertz CT molecular complexity index is 6480. The van der Waals surface area contributed by atoms with Crippen LogP contribution < -0.4 is 10.2 Å². The second-order valence-electron chi connectivity index (χ2n) is 29.2. The molecule has 0 aliphatic carbocycles. The highest BCUT2D eigenvalue weighted by Gasteiger charge is 2.51. The molecule has 2 saturated heterocycles. The van der Waals surface area contributed by atoms with Gasteiger partial charge in [-0.1, -0.05) is 217 Å². The van der Waals surface area contributed by atoms with Gasteiger partial charge >= 0.3 is 7.12 Å². The maximum absolute atomic E-state index is 12.3. The third-order valence-electron chi connectivity index (χ3n) is 21.9. The van der Waals surface area contributed by atoms with Crippen LogP contribution in [0.4, 0.5) is 0 Å². The molecule has 8 aromatic carbocycles. The Kier molecular flexibility index (Phi) is 17.1. The summed E-state index contributed by atoms with van der Waals surface area (Å²) in [6.45, 7) is 6.31. The first-order valence-corrected chi connectivity index (χ1v) is 37.9. The van der Waals surface area contributed by atoms with Crippen LogP contribution >= 0.6 is 0 Å². The number of H-pyrrole nitrogens is 4. The molecular weight excluding hydrogens is 1380 g/mol. The predicted molar refractivity (Wildman–Crippen MR) is 453 cm³/mol. The van der Waals surface area contributed by atoms with Gasteiger partial charge in [-0.2, -0.15) is 0 Å². The smallest absolute Gasteiger partial charge is 0.462 e. The summed E-state index contributed by atoms with van der Waals surface area (Å²) < 4.78 is 26.8. The molecule has 15 heteroatoms. The van der Waals surface area contributed by atoms with E-state index in [0.29, 0.717) is 16.9 Å². The topological polar surface area (TPSA) is 192 Å². The van der Waals surface area contributed by atoms with E-state index in [1.807, 2.05) is 91.0 Å². The molecule has 5 atom stereocenters. The van der Waals surface area contributed by atoms with Gasteiger partial charge < -0.3 is 48.9 Å². The van der Waals surface area contributed by atoms with Crippen LogP contribution in [0.3, 0.4) is 0 Å². The number of aromatic nitrogens is 8. The molecule has 14 aromatic rings. The molecule has 6 aliphatic rings. The van der Waals surface area contributed by atoms with Crippen LogP contribution in [0, 0.1) is 20.8 Å². The molecule has 6 N–H and O–H groups in total. The molecule has 0 spiro atoms. The number of aliphatic hydroxyl groups excluding tert-OH is 2. The lowest BCUT2D eigenvalue weighted by Crippen LogP contribution is -2.66. The van der Waals surface area contributed by atoms with Gasteiger partial charge in [-0.3, -0.25) is 0 Å². The van der Waals surface area contributed by atoms with Gasteiger partial charge in [0.2, 0.25) is 6.29 Å². The lowest BCUT2D eigenvalue weighted by Gasteiger charge is -2.45. The Hall–Kier alpha value is -13.4. The van der Waals surface area contributed by atoms with E-state index < -0.39 is 37.8 Å². The van der Waals surface area contributed by atoms with Gasteiger partial charge in [0.25, 0.3) is 0 Å². The summed E-state index contributed by atoms with van der Waals surface area (Å²) in [4.78, 5) is 37.6. The van der Waals surface area contributed by atoms with Crippen molar-refractivity contribution in [2.45, 2.75) is 51.5 Å². The number of aliphatic hydroxyl groups is 2. The molecule has 12 heterocycles. The number of fused-ring (bicyclic) bond motifs is 17. The minimum Gasteiger partial charge on any atom is -0.462 e. The average molecular weight is 1460 g/mol. The van der Waals surface area contributed by atoms with E-state index in [-0.39, 0.29) is 6.61 Å². The first kappa shape index (κ1) is 67.9. The maximum Gasteiger partial charge on any atom is 0.494 e. The average Bonchev–Trinajstić information content (AvgIpc) is 1.48. The molecule has 20 rings (SSSR count). The zero-order chi connectivity index (χ0) is 75.1. The van der Waals surface area contributed by atoms with Crippen LogP contribution in [0.1, 0.15) is 62.2 Å². The summed E-state index contributed by atoms with van der Waals surface area (Å²) in [6, 6.07) is 89.5. The van der Waals surface area contributed by atoms with Crippen molar-refractivity contribution in [1.29, 1.82) is 0 Å². The van der Waals surface area contributed by atoms with E-state index in [0.717, 1.165) is 184 Å². The Morgan fingerprint density at radius 2 is 0.607 bits per heavy atom. The highest BCUT2D eigenvalue weighted by Crippen LogP contribution is 2.43. The normalized spacial score (nSPS) is 16.9. The second kappa shape index (κ2) is 28.2. The molecule has 14 nitrogen and oxygen atoms in total. The molecule has 0 radical (unpaired) electrons. The van der Waals surface area contributed by atoms with Crippen molar-refractivity contribution in [3.8, 4) is 94.8 Å². The lowest BCUT2D eigenvalue weighted by atomic mass is 9.72. The van der Waals surface area contributed by atoms with Crippen molar-refractivity contribution in [3.63, 3.8) is 0 Å². The van der Waals surface area contributed by atoms with E-state index in [1.54, 1.807) is 0 Å². The molecule has 6 aliphatic heterocycles. The lowest BCUT2D eigenvalue weighted by molar-refractivity contribution is -0.282. The third-order valence-corrected chi connectivity index (χ3v) is 21.9. The number of ether oxygens (including phenoxy) is 2. The van der Waals surface area contributed by atoms with Crippen LogP contribution in [-0.2, 0) is 14.0 Å². The van der Waals surface area contributed by atoms with Crippen molar-refractivity contribution < 1.29 is 29.0 Å². The van der Waals surface area contributed by atoms with Crippen LogP contribution in [0.2, 0.25) is 0 Å². The number of aryl methyl sites for hydroxylation is 3. The molecule has 6 aromatic heterocycles. The molecular formula is C97H73BN8O6. The van der Waals surface area contributed by atoms with E-state index in [1.165, 1.54) is 5.56 Å². The SMILES string of the molecule is Cc1ccc(-c2c3nc(c(-c4ccc(C)cc4)c4ccc([nH]4)c(-c4ccc(O[C@@H]5O[C@@H]6COB(c7ccccc7-c7c8nc(c(-c9ccccc9)c9ccc([nH]9)c(-c9ccccc9)c9nc(c(-c%10ccccc%10)c%10ccc7[nH]%10)C=C9)C=C8)O[C@H]6[C@H](O)[C@H]5O)cc4)c4nc(c(-c5ccc(C)cc5)c5ccc2[nH]5)C=C4)C=C3)cc1.